The smallest absolute Gasteiger partial charge is 0.303 e. The van der Waals surface area contributed by atoms with Crippen molar-refractivity contribution in [2.75, 3.05) is 0 Å². The molecule has 0 aliphatic heterocycles. The molecule has 0 aromatic rings. The van der Waals surface area contributed by atoms with Crippen molar-refractivity contribution in [2.45, 2.75) is 71.1 Å². The van der Waals surface area contributed by atoms with Crippen LogP contribution in [0.1, 0.15) is 71.1 Å². The van der Waals surface area contributed by atoms with Gasteiger partial charge < -0.3 is 5.11 Å². The Labute approximate surface area is 136 Å². The van der Waals surface area contributed by atoms with Crippen molar-refractivity contribution >= 4 is 5.97 Å². The molecule has 2 nitrogen and oxygen atoms in total. The van der Waals surface area contributed by atoms with Gasteiger partial charge in [0, 0.05) is 6.42 Å². The van der Waals surface area contributed by atoms with Gasteiger partial charge in [-0.05, 0) is 44.9 Å². The lowest BCUT2D eigenvalue weighted by atomic mass is 10.1. The topological polar surface area (TPSA) is 37.3 Å². The molecule has 0 heterocycles. The molecular formula is C20H32O2. The third kappa shape index (κ3) is 18.4. The molecule has 2 heteroatoms. The highest BCUT2D eigenvalue weighted by molar-refractivity contribution is 5.66. The van der Waals surface area contributed by atoms with E-state index in [0.29, 0.717) is 6.42 Å². The second-order valence-electron chi connectivity index (χ2n) is 5.37. The Hall–Kier alpha value is -1.57. The van der Waals surface area contributed by atoms with Crippen molar-refractivity contribution in [2.24, 2.45) is 0 Å². The minimum Gasteiger partial charge on any atom is -0.481 e. The van der Waals surface area contributed by atoms with E-state index in [2.05, 4.69) is 55.5 Å². The average molecular weight is 304 g/mol. The molecule has 0 aliphatic rings. The Morgan fingerprint density at radius 2 is 1.45 bits per heavy atom. The standard InChI is InChI=1S/C20H32O2/c1-2-3-4-5-6-7-8-9-10-11-12-13-14-15-16-17-18-19-20(21)22/h3-4,7-10,12-13H,2,5-6,11,14-19H2,1H3,(H,21,22)/b4-3-,8-7+,10-9+,13-12-. The molecule has 0 amide bonds. The molecule has 0 saturated heterocycles. The van der Waals surface area contributed by atoms with Crippen LogP contribution in [-0.4, -0.2) is 11.1 Å². The van der Waals surface area contributed by atoms with Gasteiger partial charge in [-0.1, -0.05) is 68.4 Å². The summed E-state index contributed by atoms with van der Waals surface area (Å²) in [6.45, 7) is 2.15. The molecule has 0 aromatic heterocycles. The molecule has 0 radical (unpaired) electrons. The molecule has 0 spiro atoms. The molecule has 0 unspecified atom stereocenters. The highest BCUT2D eigenvalue weighted by Gasteiger charge is 1.95. The van der Waals surface area contributed by atoms with Gasteiger partial charge in [-0.2, -0.15) is 0 Å². The van der Waals surface area contributed by atoms with Gasteiger partial charge in [-0.15, -0.1) is 0 Å². The van der Waals surface area contributed by atoms with E-state index in [1.165, 1.54) is 0 Å². The number of allylic oxidation sites excluding steroid dienone is 8. The number of hydrogen-bond donors (Lipinski definition) is 1. The SMILES string of the molecule is CC/C=C\CC/C=C/C=C/C/C=C\CCCCCCC(=O)O. The fourth-order valence-corrected chi connectivity index (χ4v) is 1.99. The summed E-state index contributed by atoms with van der Waals surface area (Å²) in [6, 6.07) is 0. The molecule has 1 N–H and O–H groups in total. The lowest BCUT2D eigenvalue weighted by Crippen LogP contribution is -1.93. The summed E-state index contributed by atoms with van der Waals surface area (Å²) >= 11 is 0. The van der Waals surface area contributed by atoms with Gasteiger partial charge in [0.25, 0.3) is 0 Å². The van der Waals surface area contributed by atoms with Crippen LogP contribution in [0.4, 0.5) is 0 Å². The Balaban J connectivity index is 3.35. The zero-order valence-electron chi connectivity index (χ0n) is 14.0. The normalized spacial score (nSPS) is 12.4. The van der Waals surface area contributed by atoms with Crippen molar-refractivity contribution in [3.63, 3.8) is 0 Å². The van der Waals surface area contributed by atoms with E-state index in [0.717, 1.165) is 57.8 Å². The summed E-state index contributed by atoms with van der Waals surface area (Å²) in [6.07, 6.45) is 27.3. The molecule has 0 bridgehead atoms. The summed E-state index contributed by atoms with van der Waals surface area (Å²) in [7, 11) is 0. The van der Waals surface area contributed by atoms with Crippen LogP contribution in [0.2, 0.25) is 0 Å². The van der Waals surface area contributed by atoms with Crippen LogP contribution < -0.4 is 0 Å². The van der Waals surface area contributed by atoms with Gasteiger partial charge in [-0.3, -0.25) is 4.79 Å². The van der Waals surface area contributed by atoms with Gasteiger partial charge in [-0.25, -0.2) is 0 Å². The molecule has 0 aliphatic carbocycles. The van der Waals surface area contributed by atoms with E-state index in [1.807, 2.05) is 0 Å². The van der Waals surface area contributed by atoms with E-state index >= 15 is 0 Å². The number of carboxylic acids is 1. The molecule has 0 aromatic carbocycles. The minimum atomic E-state index is -0.682. The molecule has 0 saturated carbocycles. The largest absolute Gasteiger partial charge is 0.481 e. The predicted molar refractivity (Wildman–Crippen MR) is 96.0 cm³/mol. The quantitative estimate of drug-likeness (QED) is 0.235. The molecule has 124 valence electrons. The van der Waals surface area contributed by atoms with Crippen LogP contribution in [0.3, 0.4) is 0 Å². The zero-order chi connectivity index (χ0) is 16.3. The number of unbranched alkanes of at least 4 members (excludes halogenated alkanes) is 5. The highest BCUT2D eigenvalue weighted by Crippen LogP contribution is 2.06. The van der Waals surface area contributed by atoms with Gasteiger partial charge >= 0.3 is 5.97 Å². The second-order valence-corrected chi connectivity index (χ2v) is 5.37. The maximum absolute atomic E-state index is 10.3. The first-order chi connectivity index (χ1) is 10.8. The van der Waals surface area contributed by atoms with Crippen molar-refractivity contribution in [1.82, 2.24) is 0 Å². The van der Waals surface area contributed by atoms with E-state index in [4.69, 9.17) is 5.11 Å². The molecular weight excluding hydrogens is 272 g/mol. The fourth-order valence-electron chi connectivity index (χ4n) is 1.99. The van der Waals surface area contributed by atoms with E-state index in [9.17, 15) is 4.79 Å². The number of carbonyl (C=O) groups is 1. The maximum Gasteiger partial charge on any atom is 0.303 e. The van der Waals surface area contributed by atoms with Crippen molar-refractivity contribution < 1.29 is 9.90 Å². The first-order valence-corrected chi connectivity index (χ1v) is 8.60. The lowest BCUT2D eigenvalue weighted by Gasteiger charge is -1.96. The monoisotopic (exact) mass is 304 g/mol. The van der Waals surface area contributed by atoms with Crippen molar-refractivity contribution in [3.8, 4) is 0 Å². The molecule has 22 heavy (non-hydrogen) atoms. The summed E-state index contributed by atoms with van der Waals surface area (Å²) in [5.41, 5.74) is 0. The van der Waals surface area contributed by atoms with Gasteiger partial charge in [0.15, 0.2) is 0 Å². The van der Waals surface area contributed by atoms with Crippen molar-refractivity contribution in [1.29, 1.82) is 0 Å². The van der Waals surface area contributed by atoms with Crippen molar-refractivity contribution in [3.05, 3.63) is 48.6 Å². The molecule has 0 rings (SSSR count). The predicted octanol–water partition coefficient (Wildman–Crippen LogP) is 6.22. The second kappa shape index (κ2) is 17.5. The summed E-state index contributed by atoms with van der Waals surface area (Å²) in [5.74, 6) is -0.682. The van der Waals surface area contributed by atoms with Crippen LogP contribution in [0, 0.1) is 0 Å². The Bertz CT molecular complexity index is 362. The highest BCUT2D eigenvalue weighted by atomic mass is 16.4. The summed E-state index contributed by atoms with van der Waals surface area (Å²) in [4.78, 5) is 10.3. The Morgan fingerprint density at radius 3 is 2.23 bits per heavy atom. The molecule has 0 atom stereocenters. The van der Waals surface area contributed by atoms with Crippen LogP contribution in [0.15, 0.2) is 48.6 Å². The fraction of sp³-hybridized carbons (Fsp3) is 0.550. The number of rotatable bonds is 14. The first-order valence-electron chi connectivity index (χ1n) is 8.60. The Kier molecular flexibility index (Phi) is 16.2. The third-order valence-electron chi connectivity index (χ3n) is 3.24. The zero-order valence-corrected chi connectivity index (χ0v) is 14.0. The number of carboxylic acid groups (broad SMARTS) is 1. The average Bonchev–Trinajstić information content (AvgIpc) is 2.50. The van der Waals surface area contributed by atoms with Crippen LogP contribution in [0.5, 0.6) is 0 Å². The van der Waals surface area contributed by atoms with Crippen LogP contribution in [-0.2, 0) is 4.79 Å². The van der Waals surface area contributed by atoms with E-state index < -0.39 is 5.97 Å². The Morgan fingerprint density at radius 1 is 0.773 bits per heavy atom. The van der Waals surface area contributed by atoms with Gasteiger partial charge in [0.1, 0.15) is 0 Å². The minimum absolute atomic E-state index is 0.309. The first kappa shape index (κ1) is 20.4. The van der Waals surface area contributed by atoms with Gasteiger partial charge in [0.05, 0.1) is 0 Å². The van der Waals surface area contributed by atoms with E-state index in [-0.39, 0.29) is 0 Å². The third-order valence-corrected chi connectivity index (χ3v) is 3.24. The van der Waals surface area contributed by atoms with Gasteiger partial charge in [0.2, 0.25) is 0 Å². The van der Waals surface area contributed by atoms with Crippen LogP contribution in [0.25, 0.3) is 0 Å². The summed E-state index contributed by atoms with van der Waals surface area (Å²) < 4.78 is 0. The van der Waals surface area contributed by atoms with E-state index in [1.54, 1.807) is 0 Å². The molecule has 0 fully saturated rings. The maximum atomic E-state index is 10.3. The number of hydrogen-bond acceptors (Lipinski definition) is 1. The number of aliphatic carboxylic acids is 1. The lowest BCUT2D eigenvalue weighted by molar-refractivity contribution is -0.137. The summed E-state index contributed by atoms with van der Waals surface area (Å²) in [5, 5.41) is 8.51. The van der Waals surface area contributed by atoms with Crippen LogP contribution >= 0.6 is 0 Å².